The summed E-state index contributed by atoms with van der Waals surface area (Å²) in [6.07, 6.45) is 6.41. The van der Waals surface area contributed by atoms with E-state index in [1.165, 1.54) is 45.5 Å². The number of phosphoric ester groups is 1. The number of phosphoric acid groups is 1. The third kappa shape index (κ3) is 49.2. The molecule has 0 aliphatic carbocycles. The summed E-state index contributed by atoms with van der Waals surface area (Å²) in [6.45, 7) is 21.3. The lowest BCUT2D eigenvalue weighted by molar-refractivity contribution is 0.124. The molecule has 0 unspecified atom stereocenters. The predicted molar refractivity (Wildman–Crippen MR) is 198 cm³/mol. The minimum Gasteiger partial charge on any atom is -0.498 e. The summed E-state index contributed by atoms with van der Waals surface area (Å²) in [4.78, 5) is 18.5. The minimum absolute atomic E-state index is 0.0566. The van der Waals surface area contributed by atoms with Crippen LogP contribution in [0.3, 0.4) is 0 Å². The van der Waals surface area contributed by atoms with Crippen LogP contribution in [-0.2, 0) is 22.9 Å². The van der Waals surface area contributed by atoms with Crippen LogP contribution < -0.4 is 0 Å². The number of allylic oxidation sites excluding steroid dienone is 1. The number of carbonyl (C=O) groups excluding carboxylic acids is 1. The Morgan fingerprint density at radius 3 is 1.26 bits per heavy atom. The monoisotopic (exact) mass is 707 g/mol. The maximum absolute atomic E-state index is 10.9. The molecule has 2 rings (SSSR count). The maximum Gasteiger partial charge on any atom is 0.474 e. The Balaban J connectivity index is -0.000000106. The number of carbonyl (C=O) groups is 1. The zero-order valence-electron chi connectivity index (χ0n) is 33.4. The molecule has 0 aromatic rings. The minimum atomic E-state index is -3.36. The number of amides is 2. The van der Waals surface area contributed by atoms with Gasteiger partial charge in [0.2, 0.25) is 0 Å². The molecule has 14 heteroatoms. The van der Waals surface area contributed by atoms with E-state index in [4.69, 9.17) is 20.1 Å². The number of ether oxygens (including phenoxy) is 1. The number of aliphatic hydroxyl groups is 3. The average Bonchev–Trinajstić information content (AvgIpc) is 3.61. The Bertz CT molecular complexity index is 646. The highest BCUT2D eigenvalue weighted by atomic mass is 31.2. The number of unbranched alkanes of at least 4 members (excludes halogenated alkanes) is 2. The van der Waals surface area contributed by atoms with Crippen LogP contribution in [0.2, 0.25) is 0 Å². The largest absolute Gasteiger partial charge is 0.498 e. The summed E-state index contributed by atoms with van der Waals surface area (Å²) in [6, 6.07) is 0.130. The predicted octanol–water partition coefficient (Wildman–Crippen LogP) is 5.80. The smallest absolute Gasteiger partial charge is 0.474 e. The number of hydrogen-bond acceptors (Lipinski definition) is 11. The lowest BCUT2D eigenvalue weighted by Gasteiger charge is -2.13. The molecule has 0 atom stereocenters. The van der Waals surface area contributed by atoms with E-state index in [0.29, 0.717) is 0 Å². The second-order valence-corrected chi connectivity index (χ2v) is 12.4. The van der Waals surface area contributed by atoms with E-state index >= 15 is 0 Å². The van der Waals surface area contributed by atoms with Gasteiger partial charge in [-0.15, -0.1) is 0 Å². The van der Waals surface area contributed by atoms with Crippen molar-refractivity contribution in [3.63, 3.8) is 0 Å². The summed E-state index contributed by atoms with van der Waals surface area (Å²) in [5.41, 5.74) is 1.40. The standard InChI is InChI=1S/C6H16N2.C6H10O.C5H10N2O.C4H11O5P.2C4H10.C2H6O2.C2H6/c1-7(2)5-6-8(3)4;1-5-3-4-7-6(5)2;1-6-3-4-7(2)5(6)8;1-7-10(6,8-2)9-4-3-5;2*1-3-4-2;3-1-2-4;1-2/h5-6H2,1-4H3;3-4H2,1-2H3;3-4H2,1-2H3;5H,3-4H2,1-2H3;2*3-4H2,1-2H3;3-4H,1-2H2;1-2H3. The molecule has 47 heavy (non-hydrogen) atoms. The summed E-state index contributed by atoms with van der Waals surface area (Å²) in [5, 5.41) is 23.5. The van der Waals surface area contributed by atoms with E-state index in [9.17, 15) is 9.36 Å². The van der Waals surface area contributed by atoms with Crippen molar-refractivity contribution >= 4 is 13.9 Å². The van der Waals surface area contributed by atoms with E-state index in [1.807, 2.05) is 34.9 Å². The highest BCUT2D eigenvalue weighted by molar-refractivity contribution is 7.48. The van der Waals surface area contributed by atoms with Crippen molar-refractivity contribution in [2.24, 2.45) is 0 Å². The van der Waals surface area contributed by atoms with E-state index in [1.54, 1.807) is 9.80 Å². The number of hydrogen-bond donors (Lipinski definition) is 3. The molecule has 1 saturated heterocycles. The fraction of sp³-hybridized carbons (Fsp3) is 0.909. The first-order valence-corrected chi connectivity index (χ1v) is 18.3. The van der Waals surface area contributed by atoms with Crippen LogP contribution in [0.4, 0.5) is 4.79 Å². The average molecular weight is 707 g/mol. The van der Waals surface area contributed by atoms with Gasteiger partial charge in [-0.05, 0) is 47.6 Å². The number of rotatable bonds is 11. The zero-order valence-corrected chi connectivity index (χ0v) is 34.3. The summed E-state index contributed by atoms with van der Waals surface area (Å²) < 4.78 is 29.4. The molecule has 0 aromatic carbocycles. The van der Waals surface area contributed by atoms with Crippen LogP contribution in [-0.4, -0.2) is 157 Å². The van der Waals surface area contributed by atoms with E-state index in [2.05, 4.69) is 86.2 Å². The lowest BCUT2D eigenvalue weighted by Crippen LogP contribution is -2.25. The molecule has 0 aromatic heterocycles. The highest BCUT2D eigenvalue weighted by Crippen LogP contribution is 2.47. The molecular formula is C33H79N4O9P. The Morgan fingerprint density at radius 2 is 1.13 bits per heavy atom. The van der Waals surface area contributed by atoms with Crippen molar-refractivity contribution in [1.29, 1.82) is 0 Å². The molecule has 1 fully saturated rings. The van der Waals surface area contributed by atoms with Gasteiger partial charge in [0.25, 0.3) is 0 Å². The van der Waals surface area contributed by atoms with Gasteiger partial charge in [0.15, 0.2) is 0 Å². The van der Waals surface area contributed by atoms with Crippen molar-refractivity contribution in [1.82, 2.24) is 19.6 Å². The van der Waals surface area contributed by atoms with Gasteiger partial charge in [-0.3, -0.25) is 13.6 Å². The molecule has 13 nitrogen and oxygen atoms in total. The molecule has 2 heterocycles. The van der Waals surface area contributed by atoms with Crippen LogP contribution >= 0.6 is 7.82 Å². The quantitative estimate of drug-likeness (QED) is 0.224. The number of urea groups is 1. The van der Waals surface area contributed by atoms with Crippen LogP contribution in [0.25, 0.3) is 0 Å². The van der Waals surface area contributed by atoms with Gasteiger partial charge in [-0.1, -0.05) is 67.2 Å². The third-order valence-electron chi connectivity index (χ3n) is 5.70. The lowest BCUT2D eigenvalue weighted by atomic mass is 10.2. The van der Waals surface area contributed by atoms with Gasteiger partial charge in [-0.25, -0.2) is 9.36 Å². The van der Waals surface area contributed by atoms with Gasteiger partial charge in [0.05, 0.1) is 38.8 Å². The van der Waals surface area contributed by atoms with Crippen molar-refractivity contribution in [3.8, 4) is 0 Å². The zero-order chi connectivity index (χ0) is 38.3. The third-order valence-corrected chi connectivity index (χ3v) is 7.10. The normalized spacial score (nSPS) is 13.0. The van der Waals surface area contributed by atoms with Gasteiger partial charge in [0.1, 0.15) is 0 Å². The SMILES string of the molecule is CC.CC1=C(C)OCC1.CCCC.CCCC.CN(C)CCN(C)C.CN1CCN(C)C1=O.COP(=O)(OC)OCCO.OCCO. The maximum atomic E-state index is 10.9. The Morgan fingerprint density at radius 1 is 0.766 bits per heavy atom. The van der Waals surface area contributed by atoms with Crippen molar-refractivity contribution in [2.75, 3.05) is 116 Å². The summed E-state index contributed by atoms with van der Waals surface area (Å²) in [5.74, 6) is 1.12. The van der Waals surface area contributed by atoms with Crippen molar-refractivity contribution < 1.29 is 43.0 Å². The summed E-state index contributed by atoms with van der Waals surface area (Å²) >= 11 is 0. The van der Waals surface area contributed by atoms with Crippen LogP contribution in [0, 0.1) is 0 Å². The molecule has 2 amide bonds. The molecular weight excluding hydrogens is 627 g/mol. The van der Waals surface area contributed by atoms with Gasteiger partial charge in [0, 0.05) is 60.9 Å². The Kier molecular flexibility index (Phi) is 55.1. The van der Waals surface area contributed by atoms with Crippen LogP contribution in [0.5, 0.6) is 0 Å². The molecule has 0 radical (unpaired) electrons. The van der Waals surface area contributed by atoms with Crippen molar-refractivity contribution in [3.05, 3.63) is 11.3 Å². The van der Waals surface area contributed by atoms with Crippen molar-refractivity contribution in [2.45, 2.75) is 87.5 Å². The summed E-state index contributed by atoms with van der Waals surface area (Å²) in [7, 11) is 11.0. The second-order valence-electron chi connectivity index (χ2n) is 10.5. The first-order chi connectivity index (χ1) is 22.1. The Hall–Kier alpha value is -1.28. The fourth-order valence-corrected chi connectivity index (χ4v) is 2.84. The topological polar surface area (TPSA) is 145 Å². The van der Waals surface area contributed by atoms with E-state index < -0.39 is 7.82 Å². The van der Waals surface area contributed by atoms with Crippen LogP contribution in [0.15, 0.2) is 11.3 Å². The number of likely N-dealkylation sites (N-methyl/N-ethyl adjacent to an activating group) is 4. The van der Waals surface area contributed by atoms with E-state index in [-0.39, 0.29) is 32.5 Å². The molecule has 0 saturated carbocycles. The molecule has 0 spiro atoms. The van der Waals surface area contributed by atoms with Gasteiger partial charge < -0.3 is 39.7 Å². The molecule has 3 N–H and O–H groups in total. The van der Waals surface area contributed by atoms with Crippen LogP contribution in [0.1, 0.15) is 87.5 Å². The second kappa shape index (κ2) is 44.7. The molecule has 2 aliphatic rings. The van der Waals surface area contributed by atoms with E-state index in [0.717, 1.165) is 45.0 Å². The number of nitrogens with zero attached hydrogens (tertiary/aromatic N) is 4. The molecule has 0 bridgehead atoms. The fourth-order valence-electron chi connectivity index (χ4n) is 2.17. The van der Waals surface area contributed by atoms with Gasteiger partial charge in [-0.2, -0.15) is 0 Å². The Labute approximate surface area is 290 Å². The first kappa shape index (κ1) is 58.0. The molecule has 2 aliphatic heterocycles. The van der Waals surface area contributed by atoms with Gasteiger partial charge >= 0.3 is 13.9 Å². The first-order valence-electron chi connectivity index (χ1n) is 16.8. The highest BCUT2D eigenvalue weighted by Gasteiger charge is 2.21. The number of aliphatic hydroxyl groups excluding tert-OH is 3. The molecule has 290 valence electrons.